The van der Waals surface area contributed by atoms with E-state index in [2.05, 4.69) is 18.7 Å². The van der Waals surface area contributed by atoms with Gasteiger partial charge in [0.15, 0.2) is 0 Å². The quantitative estimate of drug-likeness (QED) is 0.611. The van der Waals surface area contributed by atoms with Crippen LogP contribution in [0.4, 0.5) is 0 Å². The fourth-order valence-corrected chi connectivity index (χ4v) is 1.58. The first-order valence-corrected chi connectivity index (χ1v) is 4.90. The molecule has 0 bridgehead atoms. The zero-order valence-corrected chi connectivity index (χ0v) is 9.33. The highest BCUT2D eigenvalue weighted by atomic mass is 16.5. The van der Waals surface area contributed by atoms with E-state index in [4.69, 9.17) is 4.74 Å². The molecular formula is C10H21NO2. The smallest absolute Gasteiger partial charge is 0.323 e. The Labute approximate surface area is 81.1 Å². The van der Waals surface area contributed by atoms with E-state index in [0.29, 0.717) is 5.92 Å². The van der Waals surface area contributed by atoms with Gasteiger partial charge in [-0.05, 0) is 19.0 Å². The third-order valence-corrected chi connectivity index (χ3v) is 2.28. The predicted molar refractivity (Wildman–Crippen MR) is 53.6 cm³/mol. The Kier molecular flexibility index (Phi) is 5.71. The monoisotopic (exact) mass is 187 g/mol. The Bertz CT molecular complexity index is 153. The molecule has 78 valence electrons. The summed E-state index contributed by atoms with van der Waals surface area (Å²) in [4.78, 5) is 13.6. The van der Waals surface area contributed by atoms with Crippen molar-refractivity contribution in [2.24, 2.45) is 5.92 Å². The molecule has 0 N–H and O–H groups in total. The van der Waals surface area contributed by atoms with Crippen LogP contribution in [0.5, 0.6) is 0 Å². The molecule has 0 saturated carbocycles. The van der Waals surface area contributed by atoms with Gasteiger partial charge in [0.2, 0.25) is 0 Å². The van der Waals surface area contributed by atoms with Gasteiger partial charge in [-0.15, -0.1) is 0 Å². The van der Waals surface area contributed by atoms with Crippen molar-refractivity contribution in [3.63, 3.8) is 0 Å². The summed E-state index contributed by atoms with van der Waals surface area (Å²) < 4.78 is 4.78. The van der Waals surface area contributed by atoms with E-state index in [1.165, 1.54) is 7.11 Å². The van der Waals surface area contributed by atoms with Crippen molar-refractivity contribution in [1.82, 2.24) is 4.90 Å². The van der Waals surface area contributed by atoms with Crippen LogP contribution in [-0.2, 0) is 9.53 Å². The van der Waals surface area contributed by atoms with Gasteiger partial charge >= 0.3 is 5.97 Å². The van der Waals surface area contributed by atoms with Gasteiger partial charge in [0.25, 0.3) is 0 Å². The summed E-state index contributed by atoms with van der Waals surface area (Å²) in [5.41, 5.74) is 0. The van der Waals surface area contributed by atoms with Crippen LogP contribution in [0.15, 0.2) is 0 Å². The van der Waals surface area contributed by atoms with Crippen LogP contribution < -0.4 is 0 Å². The van der Waals surface area contributed by atoms with Gasteiger partial charge in [0.1, 0.15) is 6.04 Å². The second-order valence-electron chi connectivity index (χ2n) is 3.43. The molecule has 0 aliphatic rings. The Hall–Kier alpha value is -0.570. The van der Waals surface area contributed by atoms with Crippen molar-refractivity contribution in [2.75, 3.05) is 20.2 Å². The van der Waals surface area contributed by atoms with Crippen LogP contribution >= 0.6 is 0 Å². The number of carbonyl (C=O) groups excluding carboxylic acids is 1. The van der Waals surface area contributed by atoms with Gasteiger partial charge in [-0.3, -0.25) is 9.69 Å². The minimum Gasteiger partial charge on any atom is -0.468 e. The van der Waals surface area contributed by atoms with E-state index in [1.807, 2.05) is 13.8 Å². The normalized spacial score (nSPS) is 13.5. The molecule has 0 rings (SSSR count). The number of esters is 1. The number of hydrogen-bond donors (Lipinski definition) is 0. The van der Waals surface area contributed by atoms with Crippen molar-refractivity contribution >= 4 is 5.97 Å². The highest BCUT2D eigenvalue weighted by Gasteiger charge is 2.27. The molecule has 0 unspecified atom stereocenters. The zero-order valence-electron chi connectivity index (χ0n) is 9.33. The summed E-state index contributed by atoms with van der Waals surface area (Å²) >= 11 is 0. The number of rotatable bonds is 5. The lowest BCUT2D eigenvalue weighted by Crippen LogP contribution is -2.45. The maximum absolute atomic E-state index is 11.4. The van der Waals surface area contributed by atoms with Gasteiger partial charge < -0.3 is 4.74 Å². The SMILES string of the molecule is CCN(CC)[C@H](C(=O)OC)C(C)C. The molecule has 3 heteroatoms. The first kappa shape index (κ1) is 12.4. The Morgan fingerprint density at radius 3 is 2.00 bits per heavy atom. The van der Waals surface area contributed by atoms with Gasteiger partial charge in [-0.1, -0.05) is 27.7 Å². The fourth-order valence-electron chi connectivity index (χ4n) is 1.58. The summed E-state index contributed by atoms with van der Waals surface area (Å²) in [6, 6.07) is -0.0972. The standard InChI is InChI=1S/C10H21NO2/c1-6-11(7-2)9(8(3)4)10(12)13-5/h8-9H,6-7H2,1-5H3/t9-/m0/s1. The highest BCUT2D eigenvalue weighted by molar-refractivity contribution is 5.75. The second-order valence-corrected chi connectivity index (χ2v) is 3.43. The van der Waals surface area contributed by atoms with Crippen molar-refractivity contribution in [3.05, 3.63) is 0 Å². The molecule has 0 heterocycles. The van der Waals surface area contributed by atoms with E-state index in [-0.39, 0.29) is 12.0 Å². The Morgan fingerprint density at radius 2 is 1.77 bits per heavy atom. The lowest BCUT2D eigenvalue weighted by molar-refractivity contribution is -0.148. The van der Waals surface area contributed by atoms with Gasteiger partial charge in [0.05, 0.1) is 7.11 Å². The Balaban J connectivity index is 4.47. The van der Waals surface area contributed by atoms with E-state index in [1.54, 1.807) is 0 Å². The number of hydrogen-bond acceptors (Lipinski definition) is 3. The molecule has 0 spiro atoms. The predicted octanol–water partition coefficient (Wildman–Crippen LogP) is 1.53. The van der Waals surface area contributed by atoms with Crippen molar-refractivity contribution in [2.45, 2.75) is 33.7 Å². The Morgan fingerprint density at radius 1 is 1.31 bits per heavy atom. The molecule has 13 heavy (non-hydrogen) atoms. The number of carbonyl (C=O) groups is 1. The summed E-state index contributed by atoms with van der Waals surface area (Å²) in [6.07, 6.45) is 0. The van der Waals surface area contributed by atoms with Gasteiger partial charge in [-0.25, -0.2) is 0 Å². The molecule has 0 aromatic heterocycles. The van der Waals surface area contributed by atoms with Crippen LogP contribution in [0, 0.1) is 5.92 Å². The number of nitrogens with zero attached hydrogens (tertiary/aromatic N) is 1. The third kappa shape index (κ3) is 3.35. The number of likely N-dealkylation sites (N-methyl/N-ethyl adjacent to an activating group) is 1. The van der Waals surface area contributed by atoms with Gasteiger partial charge in [0, 0.05) is 0 Å². The van der Waals surface area contributed by atoms with E-state index >= 15 is 0 Å². The lowest BCUT2D eigenvalue weighted by Gasteiger charge is -2.30. The summed E-state index contributed by atoms with van der Waals surface area (Å²) in [7, 11) is 1.45. The largest absolute Gasteiger partial charge is 0.468 e. The minimum atomic E-state index is -0.126. The number of ether oxygens (including phenoxy) is 1. The van der Waals surface area contributed by atoms with Crippen LogP contribution in [0.2, 0.25) is 0 Å². The van der Waals surface area contributed by atoms with Crippen LogP contribution in [-0.4, -0.2) is 37.1 Å². The van der Waals surface area contributed by atoms with Crippen molar-refractivity contribution < 1.29 is 9.53 Å². The van der Waals surface area contributed by atoms with Crippen LogP contribution in [0.1, 0.15) is 27.7 Å². The second kappa shape index (κ2) is 5.97. The minimum absolute atomic E-state index is 0.0972. The van der Waals surface area contributed by atoms with Crippen LogP contribution in [0.25, 0.3) is 0 Å². The van der Waals surface area contributed by atoms with Gasteiger partial charge in [-0.2, -0.15) is 0 Å². The molecule has 0 aromatic rings. The molecule has 0 aromatic carbocycles. The molecule has 1 atom stereocenters. The zero-order chi connectivity index (χ0) is 10.4. The maximum Gasteiger partial charge on any atom is 0.323 e. The average Bonchev–Trinajstić information content (AvgIpc) is 2.12. The lowest BCUT2D eigenvalue weighted by atomic mass is 10.0. The molecule has 0 radical (unpaired) electrons. The first-order chi connectivity index (χ1) is 6.08. The topological polar surface area (TPSA) is 29.5 Å². The number of methoxy groups -OCH3 is 1. The summed E-state index contributed by atoms with van der Waals surface area (Å²) in [5.74, 6) is 0.172. The maximum atomic E-state index is 11.4. The molecule has 0 saturated heterocycles. The van der Waals surface area contributed by atoms with E-state index < -0.39 is 0 Å². The highest BCUT2D eigenvalue weighted by Crippen LogP contribution is 2.11. The molecule has 0 amide bonds. The fraction of sp³-hybridized carbons (Fsp3) is 0.900. The average molecular weight is 187 g/mol. The van der Waals surface area contributed by atoms with Crippen molar-refractivity contribution in [3.8, 4) is 0 Å². The van der Waals surface area contributed by atoms with E-state index in [9.17, 15) is 4.79 Å². The molecule has 0 aliphatic carbocycles. The van der Waals surface area contributed by atoms with Crippen molar-refractivity contribution in [1.29, 1.82) is 0 Å². The summed E-state index contributed by atoms with van der Waals surface area (Å²) in [5, 5.41) is 0. The van der Waals surface area contributed by atoms with Crippen LogP contribution in [0.3, 0.4) is 0 Å². The third-order valence-electron chi connectivity index (χ3n) is 2.28. The summed E-state index contributed by atoms with van der Waals surface area (Å²) in [6.45, 7) is 9.96. The molecular weight excluding hydrogens is 166 g/mol. The van der Waals surface area contributed by atoms with E-state index in [0.717, 1.165) is 13.1 Å². The molecule has 0 aliphatic heterocycles. The molecule has 0 fully saturated rings. The molecule has 3 nitrogen and oxygen atoms in total. The first-order valence-electron chi connectivity index (χ1n) is 4.90.